The van der Waals surface area contributed by atoms with Crippen LogP contribution in [0.25, 0.3) is 0 Å². The zero-order valence-corrected chi connectivity index (χ0v) is 17.0. The summed E-state index contributed by atoms with van der Waals surface area (Å²) in [4.78, 5) is 53.3. The Bertz CT molecular complexity index is 611. The first-order chi connectivity index (χ1) is 13.2. The highest BCUT2D eigenvalue weighted by atomic mass is 16.4. The van der Waals surface area contributed by atoms with Crippen molar-refractivity contribution in [3.8, 4) is 0 Å². The fourth-order valence-electron chi connectivity index (χ4n) is 4.10. The number of carboxylic acids is 1. The fraction of sp³-hybridized carbons (Fsp3) is 0.789. The number of likely N-dealkylation sites (N-methyl/N-ethyl adjacent to an activating group) is 1. The lowest BCUT2D eigenvalue weighted by atomic mass is 10.1. The lowest BCUT2D eigenvalue weighted by Crippen LogP contribution is -2.49. The summed E-state index contributed by atoms with van der Waals surface area (Å²) in [7, 11) is 0. The largest absolute Gasteiger partial charge is 0.480 e. The minimum absolute atomic E-state index is 0.0499. The summed E-state index contributed by atoms with van der Waals surface area (Å²) >= 11 is 0. The third kappa shape index (κ3) is 5.43. The van der Waals surface area contributed by atoms with Gasteiger partial charge in [-0.15, -0.1) is 0 Å². The molecule has 0 aromatic rings. The van der Waals surface area contributed by atoms with Gasteiger partial charge in [0.25, 0.3) is 0 Å². The Morgan fingerprint density at radius 3 is 2.68 bits per heavy atom. The second-order valence-electron chi connectivity index (χ2n) is 7.65. The van der Waals surface area contributed by atoms with Gasteiger partial charge in [0.15, 0.2) is 0 Å². The van der Waals surface area contributed by atoms with Crippen molar-refractivity contribution >= 4 is 23.7 Å². The molecule has 0 aromatic heterocycles. The molecule has 2 aliphatic heterocycles. The molecule has 3 unspecified atom stereocenters. The smallest absolute Gasteiger partial charge is 0.326 e. The number of rotatable bonds is 9. The molecule has 0 aromatic carbocycles. The third-order valence-corrected chi connectivity index (χ3v) is 5.73. The van der Waals surface area contributed by atoms with Gasteiger partial charge in [-0.1, -0.05) is 6.92 Å². The molecule has 3 atom stereocenters. The monoisotopic (exact) mass is 396 g/mol. The van der Waals surface area contributed by atoms with Crippen molar-refractivity contribution in [2.45, 2.75) is 52.1 Å². The van der Waals surface area contributed by atoms with Crippen molar-refractivity contribution in [3.63, 3.8) is 0 Å². The normalized spacial score (nSPS) is 23.7. The van der Waals surface area contributed by atoms with Crippen molar-refractivity contribution < 1.29 is 24.3 Å². The second kappa shape index (κ2) is 9.86. The molecule has 0 bridgehead atoms. The zero-order chi connectivity index (χ0) is 20.8. The van der Waals surface area contributed by atoms with E-state index in [1.807, 2.05) is 0 Å². The Morgan fingerprint density at radius 2 is 2.07 bits per heavy atom. The van der Waals surface area contributed by atoms with Gasteiger partial charge in [-0.05, 0) is 32.9 Å². The standard InChI is InChI=1S/C19H32N4O5/c1-4-21-8-5-6-16(21)12-22-11-15(10-17(22)25)18(26)23(13(2)19(27)28)9-7-20-14(3)24/h13,15-16H,4-12H2,1-3H3,(H,20,24)(H,27,28). The lowest BCUT2D eigenvalue weighted by molar-refractivity contribution is -0.151. The number of likely N-dealkylation sites (tertiary alicyclic amines) is 2. The minimum atomic E-state index is -1.11. The van der Waals surface area contributed by atoms with Crippen LogP contribution >= 0.6 is 0 Å². The number of aliphatic carboxylic acids is 1. The topological polar surface area (TPSA) is 110 Å². The van der Waals surface area contributed by atoms with Gasteiger partial charge in [0.1, 0.15) is 6.04 Å². The van der Waals surface area contributed by atoms with Crippen LogP contribution in [-0.4, -0.2) is 94.8 Å². The molecule has 9 nitrogen and oxygen atoms in total. The van der Waals surface area contributed by atoms with Crippen LogP contribution in [0.3, 0.4) is 0 Å². The molecule has 9 heteroatoms. The average molecular weight is 396 g/mol. The summed E-state index contributed by atoms with van der Waals surface area (Å²) in [6.07, 6.45) is 2.28. The summed E-state index contributed by atoms with van der Waals surface area (Å²) < 4.78 is 0. The highest BCUT2D eigenvalue weighted by molar-refractivity contribution is 5.91. The zero-order valence-electron chi connectivity index (χ0n) is 17.0. The molecule has 2 heterocycles. The number of hydrogen-bond acceptors (Lipinski definition) is 5. The first-order valence-corrected chi connectivity index (χ1v) is 10.0. The van der Waals surface area contributed by atoms with Crippen LogP contribution in [0.2, 0.25) is 0 Å². The SMILES string of the molecule is CCN1CCCC1CN1CC(C(=O)N(CCNC(C)=O)C(C)C(=O)O)CC1=O. The van der Waals surface area contributed by atoms with Crippen LogP contribution in [0.15, 0.2) is 0 Å². The Morgan fingerprint density at radius 1 is 1.36 bits per heavy atom. The van der Waals surface area contributed by atoms with Gasteiger partial charge >= 0.3 is 5.97 Å². The molecule has 28 heavy (non-hydrogen) atoms. The van der Waals surface area contributed by atoms with E-state index in [1.54, 1.807) is 4.90 Å². The minimum Gasteiger partial charge on any atom is -0.480 e. The third-order valence-electron chi connectivity index (χ3n) is 5.73. The molecule has 2 aliphatic rings. The maximum atomic E-state index is 13.0. The molecular formula is C19H32N4O5. The predicted octanol–water partition coefficient (Wildman–Crippen LogP) is -0.243. The quantitative estimate of drug-likeness (QED) is 0.556. The molecule has 3 amide bonds. The molecule has 2 saturated heterocycles. The molecule has 2 fully saturated rings. The Hall–Kier alpha value is -2.16. The molecule has 0 radical (unpaired) electrons. The van der Waals surface area contributed by atoms with Gasteiger partial charge < -0.3 is 20.2 Å². The molecule has 0 saturated carbocycles. The van der Waals surface area contributed by atoms with Gasteiger partial charge in [-0.2, -0.15) is 0 Å². The van der Waals surface area contributed by atoms with Crippen LogP contribution in [0.1, 0.15) is 40.0 Å². The van der Waals surface area contributed by atoms with E-state index in [2.05, 4.69) is 17.1 Å². The predicted molar refractivity (Wildman–Crippen MR) is 102 cm³/mol. The van der Waals surface area contributed by atoms with Crippen LogP contribution < -0.4 is 5.32 Å². The number of amides is 3. The van der Waals surface area contributed by atoms with Crippen molar-refractivity contribution in [1.29, 1.82) is 0 Å². The summed E-state index contributed by atoms with van der Waals surface area (Å²) in [5.74, 6) is -2.28. The Kier molecular flexibility index (Phi) is 7.79. The van der Waals surface area contributed by atoms with Crippen LogP contribution in [0.5, 0.6) is 0 Å². The highest BCUT2D eigenvalue weighted by Gasteiger charge is 2.40. The number of hydrogen-bond donors (Lipinski definition) is 2. The van der Waals surface area contributed by atoms with Crippen LogP contribution in [0.4, 0.5) is 0 Å². The molecule has 2 N–H and O–H groups in total. The molecule has 0 aliphatic carbocycles. The van der Waals surface area contributed by atoms with Gasteiger partial charge in [-0.25, -0.2) is 4.79 Å². The number of nitrogens with zero attached hydrogens (tertiary/aromatic N) is 3. The van der Waals surface area contributed by atoms with E-state index in [0.29, 0.717) is 19.1 Å². The number of nitrogens with one attached hydrogen (secondary N) is 1. The first kappa shape index (κ1) is 22.1. The maximum absolute atomic E-state index is 13.0. The van der Waals surface area contributed by atoms with E-state index in [0.717, 1.165) is 25.9 Å². The average Bonchev–Trinajstić information content (AvgIpc) is 3.24. The van der Waals surface area contributed by atoms with Gasteiger partial charge in [-0.3, -0.25) is 19.3 Å². The van der Waals surface area contributed by atoms with E-state index in [-0.39, 0.29) is 37.2 Å². The first-order valence-electron chi connectivity index (χ1n) is 10.0. The summed E-state index contributed by atoms with van der Waals surface area (Å²) in [5, 5.41) is 11.9. The van der Waals surface area contributed by atoms with Crippen LogP contribution in [-0.2, 0) is 19.2 Å². The van der Waals surface area contributed by atoms with Crippen molar-refractivity contribution in [1.82, 2.24) is 20.0 Å². The van der Waals surface area contributed by atoms with Crippen LogP contribution in [0, 0.1) is 5.92 Å². The van der Waals surface area contributed by atoms with Gasteiger partial charge in [0.05, 0.1) is 5.92 Å². The van der Waals surface area contributed by atoms with E-state index in [9.17, 15) is 24.3 Å². The highest BCUT2D eigenvalue weighted by Crippen LogP contribution is 2.25. The summed E-state index contributed by atoms with van der Waals surface area (Å²) in [6, 6.07) is -0.688. The molecular weight excluding hydrogens is 364 g/mol. The number of carbonyl (C=O) groups excluding carboxylic acids is 3. The molecule has 0 spiro atoms. The fourth-order valence-corrected chi connectivity index (χ4v) is 4.10. The van der Waals surface area contributed by atoms with E-state index in [1.165, 1.54) is 18.7 Å². The van der Waals surface area contributed by atoms with Gasteiger partial charge in [0.2, 0.25) is 17.7 Å². The lowest BCUT2D eigenvalue weighted by Gasteiger charge is -2.30. The molecule has 158 valence electrons. The van der Waals surface area contributed by atoms with E-state index in [4.69, 9.17) is 0 Å². The van der Waals surface area contributed by atoms with Crippen molar-refractivity contribution in [2.75, 3.05) is 39.3 Å². The maximum Gasteiger partial charge on any atom is 0.326 e. The number of carbonyl (C=O) groups is 4. The van der Waals surface area contributed by atoms with E-state index < -0.39 is 17.9 Å². The Labute approximate surface area is 166 Å². The summed E-state index contributed by atoms with van der Waals surface area (Å²) in [6.45, 7) is 8.13. The van der Waals surface area contributed by atoms with Gasteiger partial charge in [0, 0.05) is 45.6 Å². The Balaban J connectivity index is 2.00. The van der Waals surface area contributed by atoms with Crippen molar-refractivity contribution in [3.05, 3.63) is 0 Å². The molecule has 2 rings (SSSR count). The number of carboxylic acid groups (broad SMARTS) is 1. The second-order valence-corrected chi connectivity index (χ2v) is 7.65. The summed E-state index contributed by atoms with van der Waals surface area (Å²) in [5.41, 5.74) is 0. The van der Waals surface area contributed by atoms with Crippen molar-refractivity contribution in [2.24, 2.45) is 5.92 Å². The van der Waals surface area contributed by atoms with E-state index >= 15 is 0 Å².